The summed E-state index contributed by atoms with van der Waals surface area (Å²) in [4.78, 5) is 10.7. The second-order valence-corrected chi connectivity index (χ2v) is 4.43. The number of rotatable bonds is 6. The number of hydrogen-bond acceptors (Lipinski definition) is 5. The number of hydrogen-bond donors (Lipinski definition) is 0. The van der Waals surface area contributed by atoms with Gasteiger partial charge in [-0.1, -0.05) is 0 Å². The Kier molecular flexibility index (Phi) is 4.28. The molecule has 0 radical (unpaired) electrons. The smallest absolute Gasteiger partial charge is 0.232 e. The molecule has 0 spiro atoms. The molecule has 5 heteroatoms. The van der Waals surface area contributed by atoms with Crippen molar-refractivity contribution in [3.05, 3.63) is 18.1 Å². The number of likely N-dealkylation sites (tertiary alicyclic amines) is 1. The number of aryl methyl sites for hydroxylation is 1. The molecule has 1 fully saturated rings. The number of ether oxygens (including phenoxy) is 2. The molecule has 0 amide bonds. The summed E-state index contributed by atoms with van der Waals surface area (Å²) in [5, 5.41) is 0. The molecule has 0 aromatic carbocycles. The minimum Gasteiger partial charge on any atom is -0.476 e. The summed E-state index contributed by atoms with van der Waals surface area (Å²) >= 11 is 0. The normalized spacial score (nSPS) is 16.8. The summed E-state index contributed by atoms with van der Waals surface area (Å²) in [5.41, 5.74) is 0.909. The summed E-state index contributed by atoms with van der Waals surface area (Å²) in [6, 6.07) is 0. The lowest BCUT2D eigenvalue weighted by Crippen LogP contribution is -2.50. The first kappa shape index (κ1) is 12.3. The van der Waals surface area contributed by atoms with Gasteiger partial charge in [0, 0.05) is 32.7 Å². The first-order chi connectivity index (χ1) is 8.28. The van der Waals surface area contributed by atoms with E-state index in [2.05, 4.69) is 14.9 Å². The van der Waals surface area contributed by atoms with Crippen LogP contribution in [0.3, 0.4) is 0 Å². The van der Waals surface area contributed by atoms with E-state index in [9.17, 15) is 0 Å². The van der Waals surface area contributed by atoms with Crippen LogP contribution < -0.4 is 4.74 Å². The zero-order valence-corrected chi connectivity index (χ0v) is 10.4. The molecular weight excluding hydrogens is 218 g/mol. The van der Waals surface area contributed by atoms with Crippen molar-refractivity contribution in [1.29, 1.82) is 0 Å². The van der Waals surface area contributed by atoms with Gasteiger partial charge in [0.2, 0.25) is 5.88 Å². The maximum Gasteiger partial charge on any atom is 0.232 e. The van der Waals surface area contributed by atoms with Crippen molar-refractivity contribution >= 4 is 0 Å². The maximum atomic E-state index is 5.59. The van der Waals surface area contributed by atoms with E-state index in [-0.39, 0.29) is 0 Å². The minimum atomic E-state index is 0.606. The van der Waals surface area contributed by atoms with Gasteiger partial charge in [0.25, 0.3) is 0 Å². The van der Waals surface area contributed by atoms with Crippen molar-refractivity contribution in [2.75, 3.05) is 40.0 Å². The SMILES string of the molecule is COCCN1CC(COc2cnc(C)cn2)C1. The van der Waals surface area contributed by atoms with E-state index in [1.165, 1.54) is 0 Å². The largest absolute Gasteiger partial charge is 0.476 e. The van der Waals surface area contributed by atoms with E-state index in [1.54, 1.807) is 19.5 Å². The maximum absolute atomic E-state index is 5.59. The molecule has 1 aromatic rings. The van der Waals surface area contributed by atoms with Gasteiger partial charge in [-0.15, -0.1) is 0 Å². The van der Waals surface area contributed by atoms with Gasteiger partial charge in [0.15, 0.2) is 0 Å². The van der Waals surface area contributed by atoms with Crippen LogP contribution in [0.25, 0.3) is 0 Å². The molecule has 94 valence electrons. The van der Waals surface area contributed by atoms with Crippen molar-refractivity contribution in [1.82, 2.24) is 14.9 Å². The highest BCUT2D eigenvalue weighted by atomic mass is 16.5. The molecule has 0 unspecified atom stereocenters. The fourth-order valence-corrected chi connectivity index (χ4v) is 1.84. The zero-order valence-electron chi connectivity index (χ0n) is 10.4. The quantitative estimate of drug-likeness (QED) is 0.730. The fourth-order valence-electron chi connectivity index (χ4n) is 1.84. The van der Waals surface area contributed by atoms with Crippen LogP contribution in [0.1, 0.15) is 5.69 Å². The van der Waals surface area contributed by atoms with Gasteiger partial charge in [-0.3, -0.25) is 4.98 Å². The second kappa shape index (κ2) is 5.93. The van der Waals surface area contributed by atoms with Crippen molar-refractivity contribution in [3.63, 3.8) is 0 Å². The summed E-state index contributed by atoms with van der Waals surface area (Å²) in [6.07, 6.45) is 3.40. The standard InChI is InChI=1S/C12H19N3O2/c1-10-5-14-12(6-13-10)17-9-11-7-15(8-11)3-4-16-2/h5-6,11H,3-4,7-9H2,1-2H3. The van der Waals surface area contributed by atoms with Gasteiger partial charge in [0.05, 0.1) is 31.3 Å². The topological polar surface area (TPSA) is 47.5 Å². The third-order valence-corrected chi connectivity index (χ3v) is 2.87. The lowest BCUT2D eigenvalue weighted by Gasteiger charge is -2.38. The number of nitrogens with zero attached hydrogens (tertiary/aromatic N) is 3. The third kappa shape index (κ3) is 3.64. The molecule has 0 aliphatic carbocycles. The van der Waals surface area contributed by atoms with E-state index in [4.69, 9.17) is 9.47 Å². The molecule has 1 aliphatic rings. The Morgan fingerprint density at radius 2 is 2.18 bits per heavy atom. The van der Waals surface area contributed by atoms with Crippen LogP contribution in [0.15, 0.2) is 12.4 Å². The summed E-state index contributed by atoms with van der Waals surface area (Å²) in [6.45, 7) is 6.62. The van der Waals surface area contributed by atoms with E-state index < -0.39 is 0 Å². The van der Waals surface area contributed by atoms with E-state index >= 15 is 0 Å². The second-order valence-electron chi connectivity index (χ2n) is 4.43. The molecule has 2 heterocycles. The summed E-state index contributed by atoms with van der Waals surface area (Å²) < 4.78 is 10.6. The summed E-state index contributed by atoms with van der Waals surface area (Å²) in [7, 11) is 1.73. The molecule has 0 saturated carbocycles. The van der Waals surface area contributed by atoms with Crippen molar-refractivity contribution in [3.8, 4) is 5.88 Å². The van der Waals surface area contributed by atoms with Gasteiger partial charge in [-0.05, 0) is 6.92 Å². The molecular formula is C12H19N3O2. The molecule has 2 rings (SSSR count). The van der Waals surface area contributed by atoms with Crippen molar-refractivity contribution in [2.45, 2.75) is 6.92 Å². The molecule has 17 heavy (non-hydrogen) atoms. The minimum absolute atomic E-state index is 0.606. The number of aromatic nitrogens is 2. The molecule has 1 aliphatic heterocycles. The van der Waals surface area contributed by atoms with Crippen molar-refractivity contribution in [2.24, 2.45) is 5.92 Å². The molecule has 0 bridgehead atoms. The average Bonchev–Trinajstić information content (AvgIpc) is 2.29. The Hall–Kier alpha value is -1.20. The van der Waals surface area contributed by atoms with Gasteiger partial charge >= 0.3 is 0 Å². The van der Waals surface area contributed by atoms with E-state index in [0.717, 1.165) is 38.5 Å². The fraction of sp³-hybridized carbons (Fsp3) is 0.667. The summed E-state index contributed by atoms with van der Waals surface area (Å²) in [5.74, 6) is 1.22. The van der Waals surface area contributed by atoms with E-state index in [0.29, 0.717) is 11.8 Å². The Bertz CT molecular complexity index is 336. The lowest BCUT2D eigenvalue weighted by molar-refractivity contribution is 0.0386. The van der Waals surface area contributed by atoms with Crippen LogP contribution >= 0.6 is 0 Å². The Balaban J connectivity index is 1.63. The van der Waals surface area contributed by atoms with Crippen LogP contribution in [0, 0.1) is 12.8 Å². The van der Waals surface area contributed by atoms with Crippen LogP contribution in [0.5, 0.6) is 5.88 Å². The Labute approximate surface area is 102 Å². The molecule has 0 atom stereocenters. The predicted octanol–water partition coefficient (Wildman–Crippen LogP) is 0.742. The molecule has 1 saturated heterocycles. The highest BCUT2D eigenvalue weighted by Gasteiger charge is 2.26. The number of methoxy groups -OCH3 is 1. The first-order valence-corrected chi connectivity index (χ1v) is 5.90. The Morgan fingerprint density at radius 1 is 1.35 bits per heavy atom. The monoisotopic (exact) mass is 237 g/mol. The molecule has 5 nitrogen and oxygen atoms in total. The first-order valence-electron chi connectivity index (χ1n) is 5.90. The molecule has 1 aromatic heterocycles. The van der Waals surface area contributed by atoms with Crippen LogP contribution in [0.4, 0.5) is 0 Å². The van der Waals surface area contributed by atoms with Gasteiger partial charge < -0.3 is 14.4 Å². The lowest BCUT2D eigenvalue weighted by atomic mass is 10.0. The molecule has 0 N–H and O–H groups in total. The van der Waals surface area contributed by atoms with Crippen LogP contribution in [-0.2, 0) is 4.74 Å². The highest BCUT2D eigenvalue weighted by Crippen LogP contribution is 2.16. The van der Waals surface area contributed by atoms with E-state index in [1.807, 2.05) is 6.92 Å². The average molecular weight is 237 g/mol. The predicted molar refractivity (Wildman–Crippen MR) is 64.1 cm³/mol. The third-order valence-electron chi connectivity index (χ3n) is 2.87. The zero-order chi connectivity index (χ0) is 12.1. The van der Waals surface area contributed by atoms with Gasteiger partial charge in [-0.2, -0.15) is 0 Å². The van der Waals surface area contributed by atoms with Crippen LogP contribution in [-0.4, -0.2) is 54.8 Å². The van der Waals surface area contributed by atoms with Crippen LogP contribution in [0.2, 0.25) is 0 Å². The Morgan fingerprint density at radius 3 is 2.82 bits per heavy atom. The van der Waals surface area contributed by atoms with Crippen molar-refractivity contribution < 1.29 is 9.47 Å². The van der Waals surface area contributed by atoms with Gasteiger partial charge in [0.1, 0.15) is 0 Å². The highest BCUT2D eigenvalue weighted by molar-refractivity contribution is 5.06. The van der Waals surface area contributed by atoms with Gasteiger partial charge in [-0.25, -0.2) is 4.98 Å².